The summed E-state index contributed by atoms with van der Waals surface area (Å²) in [6.45, 7) is 6.98. The summed E-state index contributed by atoms with van der Waals surface area (Å²) in [6.07, 6.45) is 9.55. The molecule has 0 aliphatic rings. The lowest BCUT2D eigenvalue weighted by atomic mass is 9.80. The van der Waals surface area contributed by atoms with E-state index >= 15 is 0 Å². The van der Waals surface area contributed by atoms with Gasteiger partial charge in [0, 0.05) is 4.90 Å². The van der Waals surface area contributed by atoms with E-state index in [2.05, 4.69) is 57.7 Å². The first kappa shape index (κ1) is 15.6. The highest BCUT2D eigenvalue weighted by atomic mass is 32.1. The van der Waals surface area contributed by atoms with Crippen LogP contribution in [0.3, 0.4) is 0 Å². The van der Waals surface area contributed by atoms with E-state index in [1.165, 1.54) is 50.5 Å². The molecule has 0 unspecified atom stereocenters. The molecule has 1 aromatic carbocycles. The van der Waals surface area contributed by atoms with Crippen molar-refractivity contribution in [1.29, 1.82) is 0 Å². The Balaban J connectivity index is 2.33. The van der Waals surface area contributed by atoms with Crippen LogP contribution in [0.25, 0.3) is 0 Å². The van der Waals surface area contributed by atoms with Gasteiger partial charge in [0.25, 0.3) is 0 Å². The molecule has 0 atom stereocenters. The van der Waals surface area contributed by atoms with Gasteiger partial charge in [0.15, 0.2) is 0 Å². The van der Waals surface area contributed by atoms with E-state index in [1.807, 2.05) is 0 Å². The summed E-state index contributed by atoms with van der Waals surface area (Å²) in [5, 5.41) is 0. The molecule has 0 N–H and O–H groups in total. The number of thiol groups is 1. The van der Waals surface area contributed by atoms with Gasteiger partial charge in [-0.3, -0.25) is 0 Å². The van der Waals surface area contributed by atoms with Crippen molar-refractivity contribution < 1.29 is 0 Å². The second-order valence-electron chi connectivity index (χ2n) is 5.95. The highest BCUT2D eigenvalue weighted by Crippen LogP contribution is 2.30. The number of hydrogen-bond donors (Lipinski definition) is 1. The van der Waals surface area contributed by atoms with E-state index in [9.17, 15) is 0 Å². The molecule has 1 aromatic rings. The van der Waals surface area contributed by atoms with E-state index in [0.717, 1.165) is 4.90 Å². The monoisotopic (exact) mass is 264 g/mol. The molecule has 0 radical (unpaired) electrons. The van der Waals surface area contributed by atoms with E-state index < -0.39 is 0 Å². The van der Waals surface area contributed by atoms with Gasteiger partial charge in [-0.25, -0.2) is 0 Å². The highest BCUT2D eigenvalue weighted by molar-refractivity contribution is 7.80. The molecule has 0 amide bonds. The molecule has 18 heavy (non-hydrogen) atoms. The zero-order chi connectivity index (χ0) is 13.4. The van der Waals surface area contributed by atoms with Crippen molar-refractivity contribution >= 4 is 12.6 Å². The van der Waals surface area contributed by atoms with Crippen molar-refractivity contribution in [1.82, 2.24) is 0 Å². The van der Waals surface area contributed by atoms with Crippen LogP contribution in [-0.4, -0.2) is 0 Å². The topological polar surface area (TPSA) is 0 Å². The van der Waals surface area contributed by atoms with Crippen LogP contribution >= 0.6 is 12.6 Å². The Kier molecular flexibility index (Phi) is 6.85. The Bertz CT molecular complexity index is 324. The van der Waals surface area contributed by atoms with Gasteiger partial charge >= 0.3 is 0 Å². The average molecular weight is 264 g/mol. The predicted molar refractivity (Wildman–Crippen MR) is 84.7 cm³/mol. The SMILES string of the molecule is CCCCCCCCC(C)(C)c1ccc(S)cc1. The third-order valence-corrected chi connectivity index (χ3v) is 4.10. The third kappa shape index (κ3) is 5.48. The maximum atomic E-state index is 4.35. The summed E-state index contributed by atoms with van der Waals surface area (Å²) >= 11 is 4.35. The number of hydrogen-bond acceptors (Lipinski definition) is 1. The maximum absolute atomic E-state index is 4.35. The smallest absolute Gasteiger partial charge is 0.00401 e. The molecule has 1 heteroatoms. The fourth-order valence-corrected chi connectivity index (χ4v) is 2.55. The molecule has 1 rings (SSSR count). The standard InChI is InChI=1S/C17H28S/c1-4-5-6-7-8-9-14-17(2,3)15-10-12-16(18)13-11-15/h10-13,18H,4-9,14H2,1-3H3. The predicted octanol–water partition coefficient (Wildman–Crippen LogP) is 6.00. The molecule has 0 nitrogen and oxygen atoms in total. The normalized spacial score (nSPS) is 11.8. The van der Waals surface area contributed by atoms with Crippen LogP contribution in [0.5, 0.6) is 0 Å². The molecule has 0 heterocycles. The molecule has 0 spiro atoms. The fraction of sp³-hybridized carbons (Fsp3) is 0.647. The second kappa shape index (κ2) is 7.89. The number of benzene rings is 1. The highest BCUT2D eigenvalue weighted by Gasteiger charge is 2.19. The first-order valence-electron chi connectivity index (χ1n) is 7.36. The molecule has 0 aliphatic carbocycles. The summed E-state index contributed by atoms with van der Waals surface area (Å²) in [5.74, 6) is 0. The molecular weight excluding hydrogens is 236 g/mol. The molecule has 102 valence electrons. The van der Waals surface area contributed by atoms with Gasteiger partial charge in [0.2, 0.25) is 0 Å². The van der Waals surface area contributed by atoms with E-state index in [4.69, 9.17) is 0 Å². The van der Waals surface area contributed by atoms with Crippen molar-refractivity contribution in [2.24, 2.45) is 0 Å². The Hall–Kier alpha value is -0.430. The van der Waals surface area contributed by atoms with Crippen molar-refractivity contribution in [3.05, 3.63) is 29.8 Å². The zero-order valence-electron chi connectivity index (χ0n) is 12.2. The number of unbranched alkanes of at least 4 members (excludes halogenated alkanes) is 5. The summed E-state index contributed by atoms with van der Waals surface area (Å²) in [6, 6.07) is 8.64. The average Bonchev–Trinajstić information content (AvgIpc) is 2.34. The summed E-state index contributed by atoms with van der Waals surface area (Å²) in [5.41, 5.74) is 1.74. The summed E-state index contributed by atoms with van der Waals surface area (Å²) < 4.78 is 0. The van der Waals surface area contributed by atoms with Crippen molar-refractivity contribution in [2.45, 2.75) is 76.0 Å². The van der Waals surface area contributed by atoms with Gasteiger partial charge in [-0.05, 0) is 29.5 Å². The molecule has 0 aliphatic heterocycles. The van der Waals surface area contributed by atoms with Crippen molar-refractivity contribution in [3.8, 4) is 0 Å². The van der Waals surface area contributed by atoms with E-state index in [1.54, 1.807) is 0 Å². The minimum atomic E-state index is 0.298. The molecule has 0 saturated carbocycles. The second-order valence-corrected chi connectivity index (χ2v) is 6.46. The van der Waals surface area contributed by atoms with Crippen LogP contribution in [0.2, 0.25) is 0 Å². The minimum absolute atomic E-state index is 0.298. The Morgan fingerprint density at radius 2 is 1.44 bits per heavy atom. The van der Waals surface area contributed by atoms with Gasteiger partial charge in [-0.15, -0.1) is 12.6 Å². The first-order valence-corrected chi connectivity index (χ1v) is 7.80. The van der Waals surface area contributed by atoms with E-state index in [0.29, 0.717) is 5.41 Å². The quantitative estimate of drug-likeness (QED) is 0.432. The lowest BCUT2D eigenvalue weighted by Gasteiger charge is -2.25. The van der Waals surface area contributed by atoms with E-state index in [-0.39, 0.29) is 0 Å². The lowest BCUT2D eigenvalue weighted by molar-refractivity contribution is 0.442. The van der Waals surface area contributed by atoms with Gasteiger partial charge in [-0.2, -0.15) is 0 Å². The van der Waals surface area contributed by atoms with Crippen LogP contribution in [-0.2, 0) is 5.41 Å². The van der Waals surface area contributed by atoms with Crippen LogP contribution < -0.4 is 0 Å². The van der Waals surface area contributed by atoms with Gasteiger partial charge in [0.1, 0.15) is 0 Å². The summed E-state index contributed by atoms with van der Waals surface area (Å²) in [4.78, 5) is 1.05. The fourth-order valence-electron chi connectivity index (χ4n) is 2.40. The first-order chi connectivity index (χ1) is 8.56. The summed E-state index contributed by atoms with van der Waals surface area (Å²) in [7, 11) is 0. The van der Waals surface area contributed by atoms with Crippen LogP contribution in [0.4, 0.5) is 0 Å². The van der Waals surface area contributed by atoms with Crippen LogP contribution in [0.15, 0.2) is 29.2 Å². The van der Waals surface area contributed by atoms with Gasteiger partial charge < -0.3 is 0 Å². The molecule has 0 aromatic heterocycles. The van der Waals surface area contributed by atoms with Crippen molar-refractivity contribution in [2.75, 3.05) is 0 Å². The Morgan fingerprint density at radius 1 is 0.889 bits per heavy atom. The maximum Gasteiger partial charge on any atom is 0.00401 e. The van der Waals surface area contributed by atoms with Crippen LogP contribution in [0, 0.1) is 0 Å². The van der Waals surface area contributed by atoms with Gasteiger partial charge in [-0.1, -0.05) is 71.4 Å². The molecule has 0 bridgehead atoms. The lowest BCUT2D eigenvalue weighted by Crippen LogP contribution is -2.16. The largest absolute Gasteiger partial charge is 0.143 e. The third-order valence-electron chi connectivity index (χ3n) is 3.80. The number of rotatable bonds is 8. The molecular formula is C17H28S. The van der Waals surface area contributed by atoms with Gasteiger partial charge in [0.05, 0.1) is 0 Å². The van der Waals surface area contributed by atoms with Crippen LogP contribution in [0.1, 0.15) is 71.3 Å². The minimum Gasteiger partial charge on any atom is -0.143 e. The zero-order valence-corrected chi connectivity index (χ0v) is 13.1. The Labute approximate surface area is 119 Å². The Morgan fingerprint density at radius 3 is 2.06 bits per heavy atom. The molecule has 0 fully saturated rings. The van der Waals surface area contributed by atoms with Crippen molar-refractivity contribution in [3.63, 3.8) is 0 Å². The molecule has 0 saturated heterocycles.